The first-order valence-corrected chi connectivity index (χ1v) is 7.16. The lowest BCUT2D eigenvalue weighted by molar-refractivity contribution is -0.129. The smallest absolute Gasteiger partial charge is 0.224 e. The molecule has 1 aromatic rings. The molecule has 0 saturated carbocycles. The molecule has 110 valence electrons. The number of hydrogen-bond donors (Lipinski definition) is 2. The number of likely N-dealkylation sites (tertiary alicyclic amines) is 1. The average Bonchev–Trinajstić information content (AvgIpc) is 2.96. The van der Waals surface area contributed by atoms with E-state index in [1.54, 1.807) is 0 Å². The van der Waals surface area contributed by atoms with Crippen molar-refractivity contribution in [2.45, 2.75) is 33.1 Å². The van der Waals surface area contributed by atoms with Crippen LogP contribution in [0.1, 0.15) is 30.7 Å². The third-order valence-corrected chi connectivity index (χ3v) is 3.58. The summed E-state index contributed by atoms with van der Waals surface area (Å²) in [4.78, 5) is 22.6. The van der Waals surface area contributed by atoms with Gasteiger partial charge in [-0.3, -0.25) is 4.79 Å². The van der Waals surface area contributed by atoms with Crippen LogP contribution in [0.3, 0.4) is 0 Å². The Morgan fingerprint density at radius 1 is 1.20 bits per heavy atom. The summed E-state index contributed by atoms with van der Waals surface area (Å²) < 4.78 is 0. The molecule has 0 radical (unpaired) electrons. The molecule has 0 bridgehead atoms. The fraction of sp³-hybridized carbons (Fsp3) is 0.643. The molecule has 0 atom stereocenters. The van der Waals surface area contributed by atoms with Crippen LogP contribution in [0.5, 0.6) is 0 Å². The Hall–Kier alpha value is -1.85. The highest BCUT2D eigenvalue weighted by Crippen LogP contribution is 2.19. The Labute approximate surface area is 120 Å². The van der Waals surface area contributed by atoms with Crippen LogP contribution in [0, 0.1) is 13.8 Å². The number of rotatable bonds is 5. The molecule has 1 aliphatic rings. The summed E-state index contributed by atoms with van der Waals surface area (Å²) in [5.41, 5.74) is 0.978. The Bertz CT molecular complexity index is 483. The highest BCUT2D eigenvalue weighted by molar-refractivity contribution is 5.77. The SMILES string of the molecule is CNc1nc(C)nc(NCCC(=O)N2CCCC2)c1C. The molecular weight excluding hydrogens is 254 g/mol. The zero-order valence-corrected chi connectivity index (χ0v) is 12.5. The van der Waals surface area contributed by atoms with E-state index in [2.05, 4.69) is 20.6 Å². The highest BCUT2D eigenvalue weighted by atomic mass is 16.2. The lowest BCUT2D eigenvalue weighted by Gasteiger charge is -2.16. The quantitative estimate of drug-likeness (QED) is 0.854. The lowest BCUT2D eigenvalue weighted by Crippen LogP contribution is -2.29. The van der Waals surface area contributed by atoms with Gasteiger partial charge in [-0.2, -0.15) is 0 Å². The van der Waals surface area contributed by atoms with Crippen LogP contribution in [-0.4, -0.2) is 47.5 Å². The predicted molar refractivity (Wildman–Crippen MR) is 80.0 cm³/mol. The number of aryl methyl sites for hydroxylation is 1. The van der Waals surface area contributed by atoms with Crippen LogP contribution < -0.4 is 10.6 Å². The summed E-state index contributed by atoms with van der Waals surface area (Å²) in [5.74, 6) is 2.57. The Balaban J connectivity index is 1.90. The number of nitrogens with one attached hydrogen (secondary N) is 2. The van der Waals surface area contributed by atoms with Crippen molar-refractivity contribution in [2.24, 2.45) is 0 Å². The van der Waals surface area contributed by atoms with E-state index < -0.39 is 0 Å². The molecule has 1 saturated heterocycles. The maximum atomic E-state index is 12.0. The van der Waals surface area contributed by atoms with Crippen LogP contribution in [0.25, 0.3) is 0 Å². The van der Waals surface area contributed by atoms with Crippen LogP contribution in [0.4, 0.5) is 11.6 Å². The molecule has 2 rings (SSSR count). The summed E-state index contributed by atoms with van der Waals surface area (Å²) in [6, 6.07) is 0. The van der Waals surface area contributed by atoms with E-state index in [-0.39, 0.29) is 5.91 Å². The van der Waals surface area contributed by atoms with Gasteiger partial charge in [0.2, 0.25) is 5.91 Å². The van der Waals surface area contributed by atoms with Gasteiger partial charge in [-0.05, 0) is 26.7 Å². The number of carbonyl (C=O) groups excluding carboxylic acids is 1. The Morgan fingerprint density at radius 2 is 1.85 bits per heavy atom. The van der Waals surface area contributed by atoms with Gasteiger partial charge in [-0.15, -0.1) is 0 Å². The van der Waals surface area contributed by atoms with Crippen molar-refractivity contribution < 1.29 is 4.79 Å². The van der Waals surface area contributed by atoms with Crippen molar-refractivity contribution in [3.05, 3.63) is 11.4 Å². The molecule has 2 heterocycles. The van der Waals surface area contributed by atoms with E-state index in [9.17, 15) is 4.79 Å². The number of hydrogen-bond acceptors (Lipinski definition) is 5. The first-order chi connectivity index (χ1) is 9.61. The van der Waals surface area contributed by atoms with Crippen molar-refractivity contribution in [3.8, 4) is 0 Å². The summed E-state index contributed by atoms with van der Waals surface area (Å²) >= 11 is 0. The zero-order valence-electron chi connectivity index (χ0n) is 12.5. The van der Waals surface area contributed by atoms with Crippen LogP contribution in [0.2, 0.25) is 0 Å². The van der Waals surface area contributed by atoms with Crippen molar-refractivity contribution in [2.75, 3.05) is 37.3 Å². The van der Waals surface area contributed by atoms with Gasteiger partial charge < -0.3 is 15.5 Å². The van der Waals surface area contributed by atoms with Gasteiger partial charge in [0, 0.05) is 38.7 Å². The van der Waals surface area contributed by atoms with Crippen molar-refractivity contribution in [3.63, 3.8) is 0 Å². The van der Waals surface area contributed by atoms with Gasteiger partial charge in [0.15, 0.2) is 0 Å². The molecule has 0 aromatic carbocycles. The standard InChI is InChI=1S/C14H23N5O/c1-10-13(15-3)17-11(2)18-14(10)16-7-6-12(20)19-8-4-5-9-19/h4-9H2,1-3H3,(H2,15,16,17,18). The van der Waals surface area contributed by atoms with Crippen LogP contribution in [0.15, 0.2) is 0 Å². The predicted octanol–water partition coefficient (Wildman–Crippen LogP) is 1.56. The van der Waals surface area contributed by atoms with Gasteiger partial charge >= 0.3 is 0 Å². The number of nitrogens with zero attached hydrogens (tertiary/aromatic N) is 3. The van der Waals surface area contributed by atoms with E-state index in [1.807, 2.05) is 25.8 Å². The number of anilines is 2. The lowest BCUT2D eigenvalue weighted by atomic mass is 10.3. The van der Waals surface area contributed by atoms with Crippen molar-refractivity contribution in [1.29, 1.82) is 0 Å². The summed E-state index contributed by atoms with van der Waals surface area (Å²) in [6.07, 6.45) is 2.78. The molecule has 1 fully saturated rings. The normalized spacial score (nSPS) is 14.4. The first-order valence-electron chi connectivity index (χ1n) is 7.16. The van der Waals surface area contributed by atoms with E-state index >= 15 is 0 Å². The second kappa shape index (κ2) is 6.54. The molecular formula is C14H23N5O. The fourth-order valence-corrected chi connectivity index (χ4v) is 2.46. The second-order valence-corrected chi connectivity index (χ2v) is 5.11. The molecule has 0 spiro atoms. The van der Waals surface area contributed by atoms with E-state index in [0.29, 0.717) is 18.8 Å². The third-order valence-electron chi connectivity index (χ3n) is 3.58. The minimum atomic E-state index is 0.229. The first kappa shape index (κ1) is 14.6. The Kier molecular flexibility index (Phi) is 4.76. The van der Waals surface area contributed by atoms with Gasteiger partial charge in [0.25, 0.3) is 0 Å². The number of amides is 1. The minimum absolute atomic E-state index is 0.229. The van der Waals surface area contributed by atoms with E-state index in [0.717, 1.165) is 43.1 Å². The van der Waals surface area contributed by atoms with Crippen molar-refractivity contribution >= 4 is 17.5 Å². The summed E-state index contributed by atoms with van der Waals surface area (Å²) in [7, 11) is 1.84. The van der Waals surface area contributed by atoms with Crippen molar-refractivity contribution in [1.82, 2.24) is 14.9 Å². The molecule has 0 unspecified atom stereocenters. The van der Waals surface area contributed by atoms with Crippen LogP contribution in [-0.2, 0) is 4.79 Å². The summed E-state index contributed by atoms with van der Waals surface area (Å²) in [5, 5.41) is 6.30. The molecule has 2 N–H and O–H groups in total. The second-order valence-electron chi connectivity index (χ2n) is 5.11. The maximum Gasteiger partial charge on any atom is 0.224 e. The monoisotopic (exact) mass is 277 g/mol. The molecule has 6 nitrogen and oxygen atoms in total. The largest absolute Gasteiger partial charge is 0.373 e. The number of aromatic nitrogens is 2. The molecule has 1 aromatic heterocycles. The summed E-state index contributed by atoms with van der Waals surface area (Å²) in [6.45, 7) is 6.26. The van der Waals surface area contributed by atoms with Crippen LogP contribution >= 0.6 is 0 Å². The van der Waals surface area contributed by atoms with Gasteiger partial charge in [0.1, 0.15) is 17.5 Å². The zero-order chi connectivity index (χ0) is 14.5. The molecule has 20 heavy (non-hydrogen) atoms. The topological polar surface area (TPSA) is 70.1 Å². The van der Waals surface area contributed by atoms with E-state index in [4.69, 9.17) is 0 Å². The highest BCUT2D eigenvalue weighted by Gasteiger charge is 2.17. The Morgan fingerprint density at radius 3 is 2.50 bits per heavy atom. The minimum Gasteiger partial charge on any atom is -0.373 e. The van der Waals surface area contributed by atoms with Gasteiger partial charge in [-0.1, -0.05) is 0 Å². The third kappa shape index (κ3) is 3.37. The number of carbonyl (C=O) groups is 1. The van der Waals surface area contributed by atoms with E-state index in [1.165, 1.54) is 0 Å². The molecule has 0 aliphatic carbocycles. The maximum absolute atomic E-state index is 12.0. The molecule has 6 heteroatoms. The van der Waals surface area contributed by atoms with Gasteiger partial charge in [-0.25, -0.2) is 9.97 Å². The average molecular weight is 277 g/mol. The fourth-order valence-electron chi connectivity index (χ4n) is 2.46. The molecule has 1 aliphatic heterocycles. The van der Waals surface area contributed by atoms with Gasteiger partial charge in [0.05, 0.1) is 0 Å². The molecule has 1 amide bonds.